The number of nitrogens with two attached hydrogens (primary N) is 1. The van der Waals surface area contributed by atoms with Crippen LogP contribution in [0.4, 0.5) is 5.82 Å². The minimum Gasteiger partial charge on any atom is -0.468 e. The van der Waals surface area contributed by atoms with E-state index in [0.29, 0.717) is 0 Å². The first kappa shape index (κ1) is 25.8. The van der Waals surface area contributed by atoms with E-state index in [2.05, 4.69) is 18.8 Å². The zero-order chi connectivity index (χ0) is 26.0. The lowest BCUT2D eigenvalue weighted by Gasteiger charge is -2.21. The summed E-state index contributed by atoms with van der Waals surface area (Å²) in [5.41, 5.74) is 6.59. The zero-order valence-corrected chi connectivity index (χ0v) is 20.3. The van der Waals surface area contributed by atoms with Gasteiger partial charge in [0.15, 0.2) is 0 Å². The number of methoxy groups -OCH3 is 1. The van der Waals surface area contributed by atoms with Gasteiger partial charge in [-0.1, -0.05) is 4.98 Å². The van der Waals surface area contributed by atoms with Crippen molar-refractivity contribution in [3.05, 3.63) is 6.33 Å². The summed E-state index contributed by atoms with van der Waals surface area (Å²) in [4.78, 5) is 28.4. The third kappa shape index (κ3) is 4.53. The summed E-state index contributed by atoms with van der Waals surface area (Å²) in [5, 5.41) is 31.4. The number of ether oxygens (including phenoxy) is 3. The Hall–Kier alpha value is -1.79. The van der Waals surface area contributed by atoms with E-state index in [9.17, 15) is 34.2 Å². The Balaban J connectivity index is 1.59. The lowest BCUT2D eigenvalue weighted by Crippen LogP contribution is -2.48. The molecule has 2 fully saturated rings. The molecule has 2 aromatic heterocycles. The van der Waals surface area contributed by atoms with Crippen LogP contribution < -0.4 is 15.0 Å². The Bertz CT molecular complexity index is 1260. The van der Waals surface area contributed by atoms with Gasteiger partial charge in [-0.05, 0) is 0 Å². The van der Waals surface area contributed by atoms with Gasteiger partial charge in [-0.25, -0.2) is 18.3 Å². The number of aromatic nitrogens is 4. The summed E-state index contributed by atoms with van der Waals surface area (Å²) in [6.45, 7) is -1.53. The molecule has 18 nitrogen and oxygen atoms in total. The zero-order valence-electron chi connectivity index (χ0n) is 18.5. The molecule has 0 radical (unpaired) electrons. The molecule has 2 aromatic rings. The Kier molecular flexibility index (Phi) is 6.60. The van der Waals surface area contributed by atoms with E-state index in [1.807, 2.05) is 0 Å². The summed E-state index contributed by atoms with van der Waals surface area (Å²) in [7, 11) is -9.06. The highest BCUT2D eigenvalue weighted by Crippen LogP contribution is 2.60. The van der Waals surface area contributed by atoms with Crippen LogP contribution in [0.15, 0.2) is 6.33 Å². The maximum Gasteiger partial charge on any atom is 0.481 e. The first-order valence-electron chi connectivity index (χ1n) is 10.5. The van der Waals surface area contributed by atoms with Gasteiger partial charge in [-0.3, -0.25) is 9.05 Å². The third-order valence-electron chi connectivity index (χ3n) is 5.98. The second-order valence-corrected chi connectivity index (χ2v) is 11.3. The Morgan fingerprint density at radius 1 is 1.11 bits per heavy atom. The molecule has 2 saturated heterocycles. The fourth-order valence-corrected chi connectivity index (χ4v) is 6.33. The summed E-state index contributed by atoms with van der Waals surface area (Å²) >= 11 is 0. The molecule has 0 aliphatic carbocycles. The number of fused-ring (bicyclic) bond motifs is 7. The Morgan fingerprint density at radius 3 is 2.44 bits per heavy atom. The van der Waals surface area contributed by atoms with Crippen LogP contribution in [-0.2, 0) is 32.0 Å². The smallest absolute Gasteiger partial charge is 0.468 e. The van der Waals surface area contributed by atoms with Crippen molar-refractivity contribution in [2.75, 3.05) is 26.1 Å². The predicted molar refractivity (Wildman–Crippen MR) is 112 cm³/mol. The van der Waals surface area contributed by atoms with Crippen LogP contribution in [0.5, 0.6) is 6.01 Å². The first-order valence-corrected chi connectivity index (χ1v) is 13.5. The lowest BCUT2D eigenvalue weighted by atomic mass is 10.1. The number of hydrogen-bond donors (Lipinski definition) is 6. The summed E-state index contributed by atoms with van der Waals surface area (Å²) in [6, 6.07) is 0.00946. The normalized spacial score (nSPS) is 41.6. The molecule has 0 saturated carbocycles. The van der Waals surface area contributed by atoms with E-state index >= 15 is 0 Å². The summed E-state index contributed by atoms with van der Waals surface area (Å²) < 4.78 is 57.4. The third-order valence-corrected chi connectivity index (χ3v) is 8.58. The molecule has 6 heterocycles. The quantitative estimate of drug-likeness (QED) is 0.162. The van der Waals surface area contributed by atoms with Gasteiger partial charge in [0.05, 0.1) is 26.4 Å². The van der Waals surface area contributed by atoms with Gasteiger partial charge >= 0.3 is 21.7 Å². The van der Waals surface area contributed by atoms with Crippen molar-refractivity contribution < 1.29 is 66.4 Å². The maximum atomic E-state index is 12.2. The lowest BCUT2D eigenvalue weighted by molar-refractivity contribution is -0.755. The van der Waals surface area contributed by atoms with Crippen molar-refractivity contribution in [3.8, 4) is 6.01 Å². The number of aliphatic hydroxyl groups is 3. The molecule has 36 heavy (non-hydrogen) atoms. The van der Waals surface area contributed by atoms with E-state index in [1.165, 1.54) is 22.6 Å². The molecule has 4 aliphatic heterocycles. The fourth-order valence-electron chi connectivity index (χ4n) is 4.24. The number of anilines is 1. The number of imidazole rings is 1. The molecule has 7 N–H and O–H groups in total. The molecular formula is C16H24N5O13P2+. The van der Waals surface area contributed by atoms with Gasteiger partial charge in [0.1, 0.15) is 30.6 Å². The SMILES string of the molecule is COc1nc2c(N)[n+]3cnc2n1[C@H]1C[C@H](O)[C@@H](COP(=O)(O)OP(=O)(O)OC[C@H]2O[C@@H]3[C@H](O)[C@@H]2O)O1. The monoisotopic (exact) mass is 556 g/mol. The van der Waals surface area contributed by atoms with Crippen molar-refractivity contribution in [2.45, 2.75) is 49.4 Å². The molecule has 2 unspecified atom stereocenters. The number of phosphoric acid groups is 2. The van der Waals surface area contributed by atoms with Crippen LogP contribution in [0.1, 0.15) is 18.9 Å². The molecule has 0 amide bonds. The standard InChI is InChI=1S/C16H23N5O13P2/c1-29-16-19-10-13(17)20-5-18-14(10)21(16)9-2-6(22)7(32-9)3-30-35(25,26)34-36(27,28)31-4-8-11(23)12(24)15(20)33-8/h5-9,11-12,15,17,22-24H,2-4H2,1H3,(H2,25,26,27,28)/p+1/t6-,7+,8+,9+,11+,12+,15+/m0/s1. The average Bonchev–Trinajstić information content (AvgIpc) is 3.44. The highest BCUT2D eigenvalue weighted by Gasteiger charge is 2.49. The molecule has 0 spiro atoms. The topological polar surface area (TPSA) is 251 Å². The number of phosphoric ester groups is 2. The minimum atomic E-state index is -5.21. The number of nitrogens with zero attached hydrogens (tertiary/aromatic N) is 4. The predicted octanol–water partition coefficient (Wildman–Crippen LogP) is -2.16. The van der Waals surface area contributed by atoms with Crippen molar-refractivity contribution >= 4 is 32.6 Å². The van der Waals surface area contributed by atoms with E-state index in [4.69, 9.17) is 24.5 Å². The highest BCUT2D eigenvalue weighted by molar-refractivity contribution is 7.61. The fraction of sp³-hybridized carbons (Fsp3) is 0.688. The number of aliphatic hydroxyl groups excluding tert-OH is 3. The van der Waals surface area contributed by atoms with Crippen molar-refractivity contribution in [3.63, 3.8) is 0 Å². The van der Waals surface area contributed by atoms with Gasteiger partial charge in [0.25, 0.3) is 5.82 Å². The Morgan fingerprint density at radius 2 is 1.78 bits per heavy atom. The van der Waals surface area contributed by atoms with Gasteiger partial charge in [0, 0.05) is 6.42 Å². The molecular weight excluding hydrogens is 532 g/mol. The summed E-state index contributed by atoms with van der Waals surface area (Å²) in [5.74, 6) is -0.0354. The number of hydrogen-bond acceptors (Lipinski definition) is 14. The van der Waals surface area contributed by atoms with Crippen LogP contribution >= 0.6 is 15.6 Å². The van der Waals surface area contributed by atoms with E-state index in [1.54, 1.807) is 0 Å². The van der Waals surface area contributed by atoms with Gasteiger partial charge in [-0.2, -0.15) is 9.29 Å². The number of rotatable bonds is 1. The van der Waals surface area contributed by atoms with Crippen LogP contribution in [0.3, 0.4) is 0 Å². The Labute approximate surface area is 201 Å². The van der Waals surface area contributed by atoms with Crippen LogP contribution in [0, 0.1) is 0 Å². The molecule has 20 heteroatoms. The van der Waals surface area contributed by atoms with Gasteiger partial charge in [-0.15, -0.1) is 0 Å². The van der Waals surface area contributed by atoms with Gasteiger partial charge < -0.3 is 45.1 Å². The van der Waals surface area contributed by atoms with Crippen molar-refractivity contribution in [2.24, 2.45) is 0 Å². The molecule has 0 aromatic carbocycles. The van der Waals surface area contributed by atoms with Crippen molar-refractivity contribution in [1.82, 2.24) is 14.5 Å². The highest BCUT2D eigenvalue weighted by atomic mass is 31.3. The summed E-state index contributed by atoms with van der Waals surface area (Å²) in [6.07, 6.45) is -7.99. The van der Waals surface area contributed by atoms with Crippen LogP contribution in [-0.4, -0.2) is 90.5 Å². The van der Waals surface area contributed by atoms with E-state index in [-0.39, 0.29) is 29.4 Å². The largest absolute Gasteiger partial charge is 0.481 e. The second kappa shape index (κ2) is 9.20. The second-order valence-electron chi connectivity index (χ2n) is 8.27. The van der Waals surface area contributed by atoms with Crippen LogP contribution in [0.2, 0.25) is 0 Å². The van der Waals surface area contributed by atoms with E-state index < -0.39 is 71.8 Å². The van der Waals surface area contributed by atoms with E-state index in [0.717, 1.165) is 0 Å². The molecule has 4 aliphatic rings. The molecule has 200 valence electrons. The van der Waals surface area contributed by atoms with Crippen LogP contribution in [0.25, 0.3) is 11.2 Å². The first-order chi connectivity index (χ1) is 16.9. The maximum absolute atomic E-state index is 12.2. The van der Waals surface area contributed by atoms with Crippen molar-refractivity contribution in [1.29, 1.82) is 0 Å². The minimum absolute atomic E-state index is 0.00946. The average molecular weight is 556 g/mol. The molecule has 6 rings (SSSR count). The molecule has 9 atom stereocenters. The molecule has 8 bridgehead atoms. The van der Waals surface area contributed by atoms with Gasteiger partial charge in [0.2, 0.25) is 23.7 Å². The number of nitrogen functional groups attached to an aromatic ring is 1.